The molecule has 1 aliphatic heterocycles. The van der Waals surface area contributed by atoms with Crippen LogP contribution in [-0.2, 0) is 11.3 Å². The van der Waals surface area contributed by atoms with E-state index >= 15 is 0 Å². The van der Waals surface area contributed by atoms with Gasteiger partial charge in [-0.25, -0.2) is 4.79 Å². The lowest BCUT2D eigenvalue weighted by molar-refractivity contribution is 0.0863. The van der Waals surface area contributed by atoms with Gasteiger partial charge in [0.1, 0.15) is 4.83 Å². The summed E-state index contributed by atoms with van der Waals surface area (Å²) in [6.45, 7) is 5.84. The largest absolute Gasteiger partial charge is 0.450 e. The van der Waals surface area contributed by atoms with Crippen LogP contribution in [0.15, 0.2) is 30.3 Å². The summed E-state index contributed by atoms with van der Waals surface area (Å²) < 4.78 is 6.96. The Balaban J connectivity index is 1.44. The molecular weight excluding hydrogens is 436 g/mol. The number of nitrogens with zero attached hydrogens (tertiary/aromatic N) is 3. The third-order valence-corrected chi connectivity index (χ3v) is 6.98. The Kier molecular flexibility index (Phi) is 6.48. The Morgan fingerprint density at radius 3 is 2.74 bits per heavy atom. The van der Waals surface area contributed by atoms with Crippen molar-refractivity contribution in [3.8, 4) is 0 Å². The number of likely N-dealkylation sites (tertiary alicyclic amines) is 1. The number of amides is 2. The van der Waals surface area contributed by atoms with Gasteiger partial charge in [-0.15, -0.1) is 11.3 Å². The Morgan fingerprint density at radius 2 is 2.03 bits per heavy atom. The summed E-state index contributed by atoms with van der Waals surface area (Å²) in [5.41, 5.74) is 1.88. The third kappa shape index (κ3) is 4.70. The van der Waals surface area contributed by atoms with Crippen molar-refractivity contribution in [2.24, 2.45) is 0 Å². The van der Waals surface area contributed by atoms with E-state index in [1.54, 1.807) is 11.8 Å². The molecular formula is C22H25ClN4O3S. The summed E-state index contributed by atoms with van der Waals surface area (Å²) >= 11 is 7.75. The molecule has 0 spiro atoms. The molecule has 1 N–H and O–H groups in total. The van der Waals surface area contributed by atoms with Crippen molar-refractivity contribution < 1.29 is 14.3 Å². The van der Waals surface area contributed by atoms with Crippen molar-refractivity contribution in [2.75, 3.05) is 19.7 Å². The molecule has 1 aliphatic rings. The first-order valence-electron chi connectivity index (χ1n) is 10.4. The second-order valence-corrected chi connectivity index (χ2v) is 9.04. The summed E-state index contributed by atoms with van der Waals surface area (Å²) in [5, 5.41) is 9.43. The molecule has 1 aromatic carbocycles. The van der Waals surface area contributed by atoms with E-state index in [0.29, 0.717) is 36.1 Å². The van der Waals surface area contributed by atoms with Crippen LogP contribution in [0, 0.1) is 6.92 Å². The highest BCUT2D eigenvalue weighted by atomic mass is 35.5. The van der Waals surface area contributed by atoms with E-state index in [1.165, 1.54) is 11.3 Å². The first kappa shape index (κ1) is 21.6. The van der Waals surface area contributed by atoms with Gasteiger partial charge >= 0.3 is 6.09 Å². The molecule has 3 aromatic rings. The number of aromatic nitrogens is 2. The number of rotatable bonds is 5. The van der Waals surface area contributed by atoms with Crippen molar-refractivity contribution in [1.82, 2.24) is 20.0 Å². The van der Waals surface area contributed by atoms with Crippen LogP contribution in [-0.4, -0.2) is 52.4 Å². The van der Waals surface area contributed by atoms with Gasteiger partial charge in [0.05, 0.1) is 23.7 Å². The van der Waals surface area contributed by atoms with Crippen LogP contribution in [0.3, 0.4) is 0 Å². The topological polar surface area (TPSA) is 76.5 Å². The van der Waals surface area contributed by atoms with Crippen LogP contribution in [0.1, 0.15) is 40.7 Å². The van der Waals surface area contributed by atoms with Crippen molar-refractivity contribution in [3.63, 3.8) is 0 Å². The van der Waals surface area contributed by atoms with E-state index in [-0.39, 0.29) is 18.0 Å². The van der Waals surface area contributed by atoms with Crippen LogP contribution >= 0.6 is 22.9 Å². The van der Waals surface area contributed by atoms with Crippen molar-refractivity contribution in [3.05, 3.63) is 51.5 Å². The number of piperidine rings is 1. The predicted octanol–water partition coefficient (Wildman–Crippen LogP) is 4.46. The van der Waals surface area contributed by atoms with E-state index in [9.17, 15) is 9.59 Å². The molecule has 2 aromatic heterocycles. The van der Waals surface area contributed by atoms with Gasteiger partial charge in [-0.1, -0.05) is 29.8 Å². The predicted molar refractivity (Wildman–Crippen MR) is 122 cm³/mol. The Morgan fingerprint density at radius 1 is 1.29 bits per heavy atom. The minimum Gasteiger partial charge on any atom is -0.450 e. The fraction of sp³-hybridized carbons (Fsp3) is 0.409. The van der Waals surface area contributed by atoms with Gasteiger partial charge in [0, 0.05) is 29.5 Å². The standard InChI is InChI=1S/C22H25ClN4O3S/c1-3-30-22(29)26-10-8-16(9-11-26)24-20(28)19-12-17-14(2)25-27(21(17)31-19)13-15-6-4-5-7-18(15)23/h4-7,12,16H,3,8-11,13H2,1-2H3,(H,24,28). The summed E-state index contributed by atoms with van der Waals surface area (Å²) in [4.78, 5) is 28.0. The molecule has 4 rings (SSSR count). The van der Waals surface area contributed by atoms with Gasteiger partial charge in [-0.2, -0.15) is 5.10 Å². The number of nitrogens with one attached hydrogen (secondary N) is 1. The van der Waals surface area contributed by atoms with E-state index < -0.39 is 0 Å². The normalized spacial score (nSPS) is 14.7. The number of carbonyl (C=O) groups excluding carboxylic acids is 2. The smallest absolute Gasteiger partial charge is 0.409 e. The third-order valence-electron chi connectivity index (χ3n) is 5.47. The van der Waals surface area contributed by atoms with Gasteiger partial charge in [-0.05, 0) is 44.4 Å². The SMILES string of the molecule is CCOC(=O)N1CCC(NC(=O)c2cc3c(C)nn(Cc4ccccc4Cl)c3s2)CC1. The summed E-state index contributed by atoms with van der Waals surface area (Å²) in [6.07, 6.45) is 1.15. The molecule has 0 unspecified atom stereocenters. The van der Waals surface area contributed by atoms with E-state index in [2.05, 4.69) is 10.4 Å². The summed E-state index contributed by atoms with van der Waals surface area (Å²) in [6, 6.07) is 9.66. The second-order valence-electron chi connectivity index (χ2n) is 7.60. The maximum absolute atomic E-state index is 12.9. The van der Waals surface area contributed by atoms with Gasteiger partial charge in [-0.3, -0.25) is 9.48 Å². The van der Waals surface area contributed by atoms with Gasteiger partial charge in [0.25, 0.3) is 5.91 Å². The number of halogens is 1. The zero-order chi connectivity index (χ0) is 22.0. The Bertz CT molecular complexity index is 1100. The zero-order valence-electron chi connectivity index (χ0n) is 17.6. The molecule has 9 heteroatoms. The molecule has 7 nitrogen and oxygen atoms in total. The molecule has 1 fully saturated rings. The fourth-order valence-corrected chi connectivity index (χ4v) is 5.06. The molecule has 0 saturated carbocycles. The van der Waals surface area contributed by atoms with Crippen LogP contribution in [0.25, 0.3) is 10.2 Å². The number of hydrogen-bond acceptors (Lipinski definition) is 5. The summed E-state index contributed by atoms with van der Waals surface area (Å²) in [5.74, 6) is -0.0838. The number of benzene rings is 1. The highest BCUT2D eigenvalue weighted by molar-refractivity contribution is 7.20. The lowest BCUT2D eigenvalue weighted by Gasteiger charge is -2.31. The minimum atomic E-state index is -0.282. The van der Waals surface area contributed by atoms with E-state index in [1.807, 2.05) is 41.9 Å². The molecule has 1 saturated heterocycles. The first-order valence-corrected chi connectivity index (χ1v) is 11.6. The molecule has 31 heavy (non-hydrogen) atoms. The fourth-order valence-electron chi connectivity index (χ4n) is 3.80. The number of ether oxygens (including phenoxy) is 1. The van der Waals surface area contributed by atoms with Crippen LogP contribution in [0.2, 0.25) is 5.02 Å². The van der Waals surface area contributed by atoms with E-state index in [0.717, 1.165) is 34.3 Å². The highest BCUT2D eigenvalue weighted by Crippen LogP contribution is 2.30. The van der Waals surface area contributed by atoms with Crippen LogP contribution in [0.5, 0.6) is 0 Å². The molecule has 0 bridgehead atoms. The quantitative estimate of drug-likeness (QED) is 0.609. The lowest BCUT2D eigenvalue weighted by atomic mass is 10.1. The van der Waals surface area contributed by atoms with Crippen LogP contribution in [0.4, 0.5) is 4.79 Å². The zero-order valence-corrected chi connectivity index (χ0v) is 19.1. The minimum absolute atomic E-state index is 0.0455. The Labute approximate surface area is 189 Å². The lowest BCUT2D eigenvalue weighted by Crippen LogP contribution is -2.46. The number of fused-ring (bicyclic) bond motifs is 1. The molecule has 164 valence electrons. The van der Waals surface area contributed by atoms with Crippen LogP contribution < -0.4 is 5.32 Å². The molecule has 2 amide bonds. The average Bonchev–Trinajstić information content (AvgIpc) is 3.32. The first-order chi connectivity index (χ1) is 15.0. The van der Waals surface area contributed by atoms with Crippen molar-refractivity contribution >= 4 is 45.2 Å². The number of aryl methyl sites for hydroxylation is 1. The number of thiophene rings is 1. The highest BCUT2D eigenvalue weighted by Gasteiger charge is 2.26. The molecule has 0 radical (unpaired) electrons. The maximum atomic E-state index is 12.9. The number of carbonyl (C=O) groups is 2. The van der Waals surface area contributed by atoms with E-state index in [4.69, 9.17) is 16.3 Å². The Hall–Kier alpha value is -2.58. The van der Waals surface area contributed by atoms with Crippen molar-refractivity contribution in [1.29, 1.82) is 0 Å². The number of hydrogen-bond donors (Lipinski definition) is 1. The van der Waals surface area contributed by atoms with Gasteiger partial charge in [0.15, 0.2) is 0 Å². The summed E-state index contributed by atoms with van der Waals surface area (Å²) in [7, 11) is 0. The molecule has 0 aliphatic carbocycles. The second kappa shape index (κ2) is 9.28. The van der Waals surface area contributed by atoms with Crippen molar-refractivity contribution in [2.45, 2.75) is 39.3 Å². The van der Waals surface area contributed by atoms with Gasteiger partial charge < -0.3 is 15.0 Å². The average molecular weight is 461 g/mol. The molecule has 0 atom stereocenters. The molecule has 3 heterocycles. The maximum Gasteiger partial charge on any atom is 0.409 e. The van der Waals surface area contributed by atoms with Gasteiger partial charge in [0.2, 0.25) is 0 Å². The monoisotopic (exact) mass is 460 g/mol.